The number of ether oxygens (including phenoxy) is 4. The smallest absolute Gasteiger partial charge is 0.306 e. The third-order valence-electron chi connectivity index (χ3n) is 7.50. The SMILES string of the molecule is CCCCC/C=C\C/C=C\C/C=C\CCCCCCCCC(=O)OC(COC(=O)CCC)COC1OC(CO)C(O)C(O)C1O. The maximum Gasteiger partial charge on any atom is 0.306 e. The van der Waals surface area contributed by atoms with Crippen molar-refractivity contribution in [2.45, 2.75) is 153 Å². The molecule has 1 saturated heterocycles. The molecule has 1 rings (SSSR count). The van der Waals surface area contributed by atoms with Crippen LogP contribution in [-0.4, -0.2) is 89.0 Å². The van der Waals surface area contributed by atoms with Crippen LogP contribution in [0.15, 0.2) is 36.5 Å². The summed E-state index contributed by atoms with van der Waals surface area (Å²) in [6.45, 7) is 2.96. The van der Waals surface area contributed by atoms with E-state index in [2.05, 4.69) is 43.4 Å². The van der Waals surface area contributed by atoms with Crippen LogP contribution in [0.3, 0.4) is 0 Å². The molecule has 0 bridgehead atoms. The van der Waals surface area contributed by atoms with E-state index < -0.39 is 55.4 Å². The van der Waals surface area contributed by atoms with Crippen molar-refractivity contribution in [1.29, 1.82) is 0 Å². The van der Waals surface area contributed by atoms with Crippen LogP contribution >= 0.6 is 0 Å². The summed E-state index contributed by atoms with van der Waals surface area (Å²) in [5, 5.41) is 39.5. The molecule has 6 atom stereocenters. The van der Waals surface area contributed by atoms with Gasteiger partial charge in [-0.05, 0) is 51.4 Å². The van der Waals surface area contributed by atoms with Crippen LogP contribution in [0.1, 0.15) is 117 Å². The molecule has 1 heterocycles. The molecule has 0 aliphatic carbocycles. The molecule has 1 aliphatic rings. The molecule has 0 aromatic rings. The van der Waals surface area contributed by atoms with E-state index in [1.807, 2.05) is 6.92 Å². The first-order chi connectivity index (χ1) is 21.8. The summed E-state index contributed by atoms with van der Waals surface area (Å²) in [6, 6.07) is 0. The number of allylic oxidation sites excluding steroid dienone is 6. The Labute approximate surface area is 270 Å². The third kappa shape index (κ3) is 19.9. The Morgan fingerprint density at radius 2 is 1.29 bits per heavy atom. The number of carbonyl (C=O) groups excluding carboxylic acids is 2. The van der Waals surface area contributed by atoms with Gasteiger partial charge in [-0.3, -0.25) is 9.59 Å². The van der Waals surface area contributed by atoms with E-state index in [4.69, 9.17) is 18.9 Å². The molecule has 10 nitrogen and oxygen atoms in total. The lowest BCUT2D eigenvalue weighted by molar-refractivity contribution is -0.305. The Hall–Kier alpha value is -2.08. The molecule has 0 amide bonds. The molecular formula is C35H60O10. The van der Waals surface area contributed by atoms with Gasteiger partial charge in [0.15, 0.2) is 12.4 Å². The van der Waals surface area contributed by atoms with Crippen molar-refractivity contribution < 1.29 is 49.0 Å². The molecule has 45 heavy (non-hydrogen) atoms. The highest BCUT2D eigenvalue weighted by Crippen LogP contribution is 2.22. The van der Waals surface area contributed by atoms with Gasteiger partial charge in [-0.15, -0.1) is 0 Å². The average Bonchev–Trinajstić information content (AvgIpc) is 3.03. The Morgan fingerprint density at radius 3 is 1.91 bits per heavy atom. The minimum atomic E-state index is -1.59. The lowest BCUT2D eigenvalue weighted by Crippen LogP contribution is -2.59. The number of hydrogen-bond acceptors (Lipinski definition) is 10. The highest BCUT2D eigenvalue weighted by Gasteiger charge is 2.44. The first kappa shape index (κ1) is 40.9. The molecule has 10 heteroatoms. The van der Waals surface area contributed by atoms with Gasteiger partial charge in [0.1, 0.15) is 31.0 Å². The lowest BCUT2D eigenvalue weighted by atomic mass is 9.99. The van der Waals surface area contributed by atoms with Crippen LogP contribution in [0.4, 0.5) is 0 Å². The van der Waals surface area contributed by atoms with Crippen LogP contribution in [0.25, 0.3) is 0 Å². The van der Waals surface area contributed by atoms with Crippen molar-refractivity contribution in [3.63, 3.8) is 0 Å². The fourth-order valence-corrected chi connectivity index (χ4v) is 4.76. The van der Waals surface area contributed by atoms with Gasteiger partial charge >= 0.3 is 11.9 Å². The van der Waals surface area contributed by atoms with Crippen LogP contribution in [0.2, 0.25) is 0 Å². The van der Waals surface area contributed by atoms with Crippen molar-refractivity contribution in [3.05, 3.63) is 36.5 Å². The molecule has 0 saturated carbocycles. The maximum absolute atomic E-state index is 12.5. The summed E-state index contributed by atoms with van der Waals surface area (Å²) >= 11 is 0. The summed E-state index contributed by atoms with van der Waals surface area (Å²) in [6.07, 6.45) is 20.4. The van der Waals surface area contributed by atoms with Crippen LogP contribution in [0.5, 0.6) is 0 Å². The predicted molar refractivity (Wildman–Crippen MR) is 173 cm³/mol. The summed E-state index contributed by atoms with van der Waals surface area (Å²) in [5.41, 5.74) is 0. The molecule has 0 aromatic heterocycles. The van der Waals surface area contributed by atoms with E-state index in [9.17, 15) is 30.0 Å². The van der Waals surface area contributed by atoms with Gasteiger partial charge in [0.2, 0.25) is 0 Å². The molecule has 0 radical (unpaired) electrons. The van der Waals surface area contributed by atoms with E-state index >= 15 is 0 Å². The molecule has 6 unspecified atom stereocenters. The van der Waals surface area contributed by atoms with Crippen molar-refractivity contribution in [2.75, 3.05) is 19.8 Å². The van der Waals surface area contributed by atoms with Gasteiger partial charge in [0.25, 0.3) is 0 Å². The minimum Gasteiger partial charge on any atom is -0.462 e. The first-order valence-electron chi connectivity index (χ1n) is 17.1. The van der Waals surface area contributed by atoms with E-state index in [1.165, 1.54) is 25.7 Å². The summed E-state index contributed by atoms with van der Waals surface area (Å²) in [7, 11) is 0. The quantitative estimate of drug-likeness (QED) is 0.0563. The summed E-state index contributed by atoms with van der Waals surface area (Å²) in [5.74, 6) is -0.888. The number of hydrogen-bond donors (Lipinski definition) is 4. The highest BCUT2D eigenvalue weighted by atomic mass is 16.7. The molecule has 0 spiro atoms. The Kier molecular flexibility index (Phi) is 24.6. The molecule has 4 N–H and O–H groups in total. The van der Waals surface area contributed by atoms with Gasteiger partial charge in [0.05, 0.1) is 13.2 Å². The molecule has 1 aliphatic heterocycles. The zero-order valence-electron chi connectivity index (χ0n) is 27.6. The Morgan fingerprint density at radius 1 is 0.689 bits per heavy atom. The number of aliphatic hydroxyl groups is 4. The van der Waals surface area contributed by atoms with Crippen molar-refractivity contribution in [1.82, 2.24) is 0 Å². The molecular weight excluding hydrogens is 580 g/mol. The average molecular weight is 641 g/mol. The van der Waals surface area contributed by atoms with E-state index in [1.54, 1.807) is 0 Å². The number of carbonyl (C=O) groups is 2. The number of aliphatic hydroxyl groups excluding tert-OH is 4. The Balaban J connectivity index is 2.24. The normalized spacial score (nSPS) is 22.8. The molecule has 0 aromatic carbocycles. The molecule has 260 valence electrons. The van der Waals surface area contributed by atoms with E-state index in [-0.39, 0.29) is 26.1 Å². The topological polar surface area (TPSA) is 152 Å². The van der Waals surface area contributed by atoms with Gasteiger partial charge in [-0.2, -0.15) is 0 Å². The summed E-state index contributed by atoms with van der Waals surface area (Å²) in [4.78, 5) is 24.3. The van der Waals surface area contributed by atoms with Crippen LogP contribution in [0, 0.1) is 0 Å². The lowest BCUT2D eigenvalue weighted by Gasteiger charge is -2.39. The van der Waals surface area contributed by atoms with E-state index in [0.717, 1.165) is 51.4 Å². The highest BCUT2D eigenvalue weighted by molar-refractivity contribution is 5.70. The number of unbranched alkanes of at least 4 members (excludes halogenated alkanes) is 9. The molecule has 1 fully saturated rings. The monoisotopic (exact) mass is 640 g/mol. The first-order valence-corrected chi connectivity index (χ1v) is 17.1. The third-order valence-corrected chi connectivity index (χ3v) is 7.50. The number of rotatable bonds is 26. The summed E-state index contributed by atoms with van der Waals surface area (Å²) < 4.78 is 21.5. The largest absolute Gasteiger partial charge is 0.462 e. The standard InChI is InChI=1S/C35H60O10/c1-3-5-6-7-8-9-10-11-12-13-14-15-16-17-18-19-20-21-22-24-31(38)44-28(26-42-30(37)23-4-2)27-43-35-34(41)33(40)32(39)29(25-36)45-35/h8-9,11-12,14-15,28-29,32-36,39-41H,3-7,10,13,16-27H2,1-2H3/b9-8-,12-11-,15-14-. The second-order valence-corrected chi connectivity index (χ2v) is 11.6. The number of esters is 2. The second kappa shape index (κ2) is 27.1. The van der Waals surface area contributed by atoms with Crippen LogP contribution < -0.4 is 0 Å². The van der Waals surface area contributed by atoms with Gasteiger partial charge < -0.3 is 39.4 Å². The predicted octanol–water partition coefficient (Wildman–Crippen LogP) is 5.21. The zero-order chi connectivity index (χ0) is 33.1. The van der Waals surface area contributed by atoms with Crippen molar-refractivity contribution >= 4 is 11.9 Å². The van der Waals surface area contributed by atoms with Crippen LogP contribution in [-0.2, 0) is 28.5 Å². The fourth-order valence-electron chi connectivity index (χ4n) is 4.76. The second-order valence-electron chi connectivity index (χ2n) is 11.6. The fraction of sp³-hybridized carbons (Fsp3) is 0.771. The Bertz CT molecular complexity index is 840. The van der Waals surface area contributed by atoms with Gasteiger partial charge in [0, 0.05) is 12.8 Å². The van der Waals surface area contributed by atoms with Gasteiger partial charge in [-0.25, -0.2) is 0 Å². The minimum absolute atomic E-state index is 0.213. The van der Waals surface area contributed by atoms with Crippen molar-refractivity contribution in [2.24, 2.45) is 0 Å². The zero-order valence-corrected chi connectivity index (χ0v) is 27.6. The van der Waals surface area contributed by atoms with Crippen molar-refractivity contribution in [3.8, 4) is 0 Å². The van der Waals surface area contributed by atoms with E-state index in [0.29, 0.717) is 12.8 Å². The maximum atomic E-state index is 12.5. The van der Waals surface area contributed by atoms with Gasteiger partial charge in [-0.1, -0.05) is 88.8 Å².